The largest absolute Gasteiger partial charge is 0.509 e. The van der Waals surface area contributed by atoms with Gasteiger partial charge in [0.2, 0.25) is 0 Å². The predicted octanol–water partition coefficient (Wildman–Crippen LogP) is 1.59. The maximum absolute atomic E-state index is 11.7. The number of rotatable bonds is 7. The minimum absolute atomic E-state index is 0.0180. The average Bonchev–Trinajstić information content (AvgIpc) is 3.26. The molecule has 0 bridgehead atoms. The number of carbonyl (C=O) groups is 2. The van der Waals surface area contributed by atoms with Gasteiger partial charge in [0.05, 0.1) is 32.0 Å². The molecule has 0 spiro atoms. The smallest absolute Gasteiger partial charge is 0.466 e. The molecule has 3 aliphatic heterocycles. The molecule has 3 aliphatic rings. The zero-order valence-electron chi connectivity index (χ0n) is 16.1. The lowest BCUT2D eigenvalue weighted by molar-refractivity contribution is -0.135. The van der Waals surface area contributed by atoms with Crippen LogP contribution in [0.4, 0.5) is 4.79 Å². The van der Waals surface area contributed by atoms with Crippen molar-refractivity contribution < 1.29 is 38.4 Å². The van der Waals surface area contributed by atoms with Gasteiger partial charge in [0.25, 0.3) is 0 Å². The van der Waals surface area contributed by atoms with Crippen LogP contribution in [0.15, 0.2) is 11.6 Å². The molecule has 0 aromatic heterocycles. The third kappa shape index (κ3) is 4.62. The van der Waals surface area contributed by atoms with Crippen molar-refractivity contribution in [1.29, 1.82) is 0 Å². The lowest BCUT2D eigenvalue weighted by Gasteiger charge is -2.36. The van der Waals surface area contributed by atoms with E-state index in [2.05, 4.69) is 4.74 Å². The number of methoxy groups -OCH3 is 1. The van der Waals surface area contributed by atoms with Crippen LogP contribution in [-0.4, -0.2) is 67.6 Å². The quantitative estimate of drug-likeness (QED) is 0.401. The summed E-state index contributed by atoms with van der Waals surface area (Å²) in [5, 5.41) is 9.71. The summed E-state index contributed by atoms with van der Waals surface area (Å²) < 4.78 is 27.0. The Hall–Kier alpha value is -1.64. The Balaban J connectivity index is 1.60. The first-order valence-corrected chi connectivity index (χ1v) is 9.37. The van der Waals surface area contributed by atoms with Crippen LogP contribution in [0.3, 0.4) is 0 Å². The van der Waals surface area contributed by atoms with E-state index in [1.165, 1.54) is 13.2 Å². The maximum Gasteiger partial charge on any atom is 0.509 e. The molecule has 0 aromatic rings. The third-order valence-electron chi connectivity index (χ3n) is 5.67. The molecule has 3 fully saturated rings. The summed E-state index contributed by atoms with van der Waals surface area (Å²) in [7, 11) is 1.32. The van der Waals surface area contributed by atoms with E-state index in [9.17, 15) is 14.7 Å². The highest BCUT2D eigenvalue weighted by molar-refractivity contribution is 5.82. The molecule has 3 heterocycles. The first-order valence-electron chi connectivity index (χ1n) is 9.37. The van der Waals surface area contributed by atoms with E-state index in [1.807, 2.05) is 6.92 Å². The third-order valence-corrected chi connectivity index (χ3v) is 5.67. The SMILES string of the molecule is COC(=O)/C=C(\C)C[C@@H]1OC[C@H](C[C@@H]2O[C@H]2[C@@H](C)[C@H](C)O)[C@H]2OC(=O)O[C@H]21. The van der Waals surface area contributed by atoms with Crippen molar-refractivity contribution in [2.75, 3.05) is 13.7 Å². The van der Waals surface area contributed by atoms with Crippen molar-refractivity contribution in [2.24, 2.45) is 11.8 Å². The van der Waals surface area contributed by atoms with Gasteiger partial charge in [-0.25, -0.2) is 9.59 Å². The first-order chi connectivity index (χ1) is 12.8. The Morgan fingerprint density at radius 1 is 1.30 bits per heavy atom. The van der Waals surface area contributed by atoms with E-state index in [1.54, 1.807) is 13.8 Å². The lowest BCUT2D eigenvalue weighted by atomic mass is 9.85. The van der Waals surface area contributed by atoms with E-state index < -0.39 is 30.4 Å². The van der Waals surface area contributed by atoms with Crippen LogP contribution in [0.1, 0.15) is 33.6 Å². The van der Waals surface area contributed by atoms with Gasteiger partial charge >= 0.3 is 12.1 Å². The van der Waals surface area contributed by atoms with Gasteiger partial charge in [0.1, 0.15) is 6.10 Å². The normalized spacial score (nSPS) is 37.7. The molecule has 8 atom stereocenters. The van der Waals surface area contributed by atoms with Crippen LogP contribution in [0, 0.1) is 11.8 Å². The van der Waals surface area contributed by atoms with E-state index in [0.717, 1.165) is 5.57 Å². The Morgan fingerprint density at radius 2 is 2.00 bits per heavy atom. The average molecular weight is 384 g/mol. The van der Waals surface area contributed by atoms with Crippen LogP contribution in [0.25, 0.3) is 0 Å². The lowest BCUT2D eigenvalue weighted by Crippen LogP contribution is -2.48. The van der Waals surface area contributed by atoms with Gasteiger partial charge in [-0.3, -0.25) is 0 Å². The molecule has 0 radical (unpaired) electrons. The number of epoxide rings is 1. The summed E-state index contributed by atoms with van der Waals surface area (Å²) in [5.41, 5.74) is 0.781. The van der Waals surface area contributed by atoms with Crippen molar-refractivity contribution in [2.45, 2.75) is 70.2 Å². The first kappa shape index (κ1) is 20.1. The van der Waals surface area contributed by atoms with Gasteiger partial charge in [-0.2, -0.15) is 0 Å². The summed E-state index contributed by atoms with van der Waals surface area (Å²) in [5.74, 6) is -0.406. The molecule has 0 aromatic carbocycles. The maximum atomic E-state index is 11.7. The van der Waals surface area contributed by atoms with Gasteiger partial charge in [0, 0.05) is 17.9 Å². The summed E-state index contributed by atoms with van der Waals surface area (Å²) in [4.78, 5) is 23.1. The highest BCUT2D eigenvalue weighted by atomic mass is 16.8. The Labute approximate surface area is 158 Å². The van der Waals surface area contributed by atoms with Crippen LogP contribution < -0.4 is 0 Å². The molecule has 1 N–H and O–H groups in total. The predicted molar refractivity (Wildman–Crippen MR) is 92.9 cm³/mol. The molecule has 0 unspecified atom stereocenters. The number of fused-ring (bicyclic) bond motifs is 1. The molecule has 3 saturated heterocycles. The fraction of sp³-hybridized carbons (Fsp3) is 0.789. The minimum Gasteiger partial charge on any atom is -0.466 e. The van der Waals surface area contributed by atoms with Gasteiger partial charge in [-0.1, -0.05) is 12.5 Å². The zero-order chi connectivity index (χ0) is 19.7. The fourth-order valence-corrected chi connectivity index (χ4v) is 3.87. The van der Waals surface area contributed by atoms with Gasteiger partial charge in [-0.05, 0) is 26.7 Å². The molecule has 0 saturated carbocycles. The van der Waals surface area contributed by atoms with Crippen LogP contribution >= 0.6 is 0 Å². The molecule has 152 valence electrons. The number of carbonyl (C=O) groups excluding carboxylic acids is 2. The second-order valence-electron chi connectivity index (χ2n) is 7.74. The number of aliphatic hydroxyl groups excluding tert-OH is 1. The van der Waals surface area contributed by atoms with Gasteiger partial charge in [0.15, 0.2) is 12.2 Å². The molecule has 8 nitrogen and oxygen atoms in total. The van der Waals surface area contributed by atoms with E-state index in [0.29, 0.717) is 19.4 Å². The molecule has 8 heteroatoms. The van der Waals surface area contributed by atoms with E-state index in [4.69, 9.17) is 18.9 Å². The molecular formula is C19H28O8. The molecule has 0 amide bonds. The topological polar surface area (TPSA) is 104 Å². The second kappa shape index (κ2) is 8.16. The number of aliphatic hydroxyl groups is 1. The number of hydrogen-bond donors (Lipinski definition) is 1. The monoisotopic (exact) mass is 384 g/mol. The van der Waals surface area contributed by atoms with Crippen molar-refractivity contribution in [3.63, 3.8) is 0 Å². The fourth-order valence-electron chi connectivity index (χ4n) is 3.87. The highest BCUT2D eigenvalue weighted by Crippen LogP contribution is 2.41. The summed E-state index contributed by atoms with van der Waals surface area (Å²) in [6, 6.07) is 0. The van der Waals surface area contributed by atoms with Crippen LogP contribution in [0.5, 0.6) is 0 Å². The van der Waals surface area contributed by atoms with Crippen molar-refractivity contribution >= 4 is 12.1 Å². The van der Waals surface area contributed by atoms with Crippen molar-refractivity contribution in [3.8, 4) is 0 Å². The standard InChI is InChI=1S/C19H28O8/c1-9(6-15(21)23-4)5-13-18-17(26-19(22)27-18)12(8-24-13)7-14-16(25-14)10(2)11(3)20/h6,10-14,16-18,20H,5,7-8H2,1-4H3/b9-6+/t10-,11-,12-,13-,14-,16-,17+,18-/m0/s1. The van der Waals surface area contributed by atoms with Crippen LogP contribution in [-0.2, 0) is 28.5 Å². The summed E-state index contributed by atoms with van der Waals surface area (Å²) in [6.07, 6.45) is 0.184. The molecule has 3 rings (SSSR count). The zero-order valence-corrected chi connectivity index (χ0v) is 16.1. The number of esters is 1. The Kier molecular flexibility index (Phi) is 6.08. The Bertz CT molecular complexity index is 601. The molecule has 27 heavy (non-hydrogen) atoms. The number of ether oxygens (including phenoxy) is 5. The van der Waals surface area contributed by atoms with Crippen molar-refractivity contribution in [3.05, 3.63) is 11.6 Å². The second-order valence-corrected chi connectivity index (χ2v) is 7.74. The van der Waals surface area contributed by atoms with Crippen molar-refractivity contribution in [1.82, 2.24) is 0 Å². The molecular weight excluding hydrogens is 356 g/mol. The van der Waals surface area contributed by atoms with Crippen LogP contribution in [0.2, 0.25) is 0 Å². The minimum atomic E-state index is -0.689. The summed E-state index contributed by atoms with van der Waals surface area (Å²) >= 11 is 0. The van der Waals surface area contributed by atoms with E-state index in [-0.39, 0.29) is 30.1 Å². The Morgan fingerprint density at radius 3 is 2.67 bits per heavy atom. The molecule has 0 aliphatic carbocycles. The summed E-state index contributed by atoms with van der Waals surface area (Å²) in [6.45, 7) is 5.94. The van der Waals surface area contributed by atoms with Gasteiger partial charge in [-0.15, -0.1) is 0 Å². The number of hydrogen-bond acceptors (Lipinski definition) is 8. The van der Waals surface area contributed by atoms with E-state index >= 15 is 0 Å². The van der Waals surface area contributed by atoms with Gasteiger partial charge < -0.3 is 28.8 Å². The highest BCUT2D eigenvalue weighted by Gasteiger charge is 2.53.